The lowest BCUT2D eigenvalue weighted by atomic mass is 10.3. The molecule has 0 aliphatic rings. The quantitative estimate of drug-likeness (QED) is 0.843. The van der Waals surface area contributed by atoms with E-state index in [9.17, 15) is 4.79 Å². The van der Waals surface area contributed by atoms with Gasteiger partial charge in [0.1, 0.15) is 11.4 Å². The number of rotatable bonds is 6. The number of hydrogen-bond donors (Lipinski definition) is 1. The van der Waals surface area contributed by atoms with Crippen molar-refractivity contribution in [1.29, 1.82) is 0 Å². The molecule has 21 heavy (non-hydrogen) atoms. The van der Waals surface area contributed by atoms with Crippen LogP contribution in [0.25, 0.3) is 0 Å². The van der Waals surface area contributed by atoms with Gasteiger partial charge in [-0.25, -0.2) is 0 Å². The number of aryl methyl sites for hydroxylation is 1. The van der Waals surface area contributed by atoms with Gasteiger partial charge in [-0.15, -0.1) is 0 Å². The predicted octanol–water partition coefficient (Wildman–Crippen LogP) is 4.31. The number of halogens is 1. The second-order valence-electron chi connectivity index (χ2n) is 4.66. The molecular formula is C16H19BrN2O2. The lowest BCUT2D eigenvalue weighted by Gasteiger charge is -2.09. The number of amides is 1. The van der Waals surface area contributed by atoms with Gasteiger partial charge in [-0.1, -0.05) is 6.92 Å². The molecule has 0 saturated carbocycles. The van der Waals surface area contributed by atoms with Crippen molar-refractivity contribution in [1.82, 2.24) is 4.57 Å². The van der Waals surface area contributed by atoms with E-state index in [0.29, 0.717) is 12.3 Å². The van der Waals surface area contributed by atoms with E-state index in [2.05, 4.69) is 28.2 Å². The summed E-state index contributed by atoms with van der Waals surface area (Å²) < 4.78 is 8.32. The molecule has 5 heteroatoms. The normalized spacial score (nSPS) is 10.4. The Morgan fingerprint density at radius 2 is 2.00 bits per heavy atom. The maximum absolute atomic E-state index is 12.3. The lowest BCUT2D eigenvalue weighted by molar-refractivity contribution is 0.101. The molecule has 1 aromatic carbocycles. The molecule has 0 aliphatic heterocycles. The lowest BCUT2D eigenvalue weighted by Crippen LogP contribution is -2.16. The largest absolute Gasteiger partial charge is 0.494 e. The molecule has 1 amide bonds. The minimum absolute atomic E-state index is 0.121. The van der Waals surface area contributed by atoms with Gasteiger partial charge in [-0.3, -0.25) is 4.79 Å². The van der Waals surface area contributed by atoms with Gasteiger partial charge in [-0.2, -0.15) is 0 Å². The standard InChI is InChI=1S/C16H19BrN2O2/c1-3-9-21-14-7-5-13(6-8-14)18-16(20)15-10-12(17)11-19(15)4-2/h5-8,10-11H,3-4,9H2,1-2H3,(H,18,20). The summed E-state index contributed by atoms with van der Waals surface area (Å²) in [4.78, 5) is 12.3. The molecule has 4 nitrogen and oxygen atoms in total. The van der Waals surface area contributed by atoms with Gasteiger partial charge in [0, 0.05) is 22.9 Å². The second kappa shape index (κ2) is 7.31. The van der Waals surface area contributed by atoms with Crippen LogP contribution in [-0.4, -0.2) is 17.1 Å². The summed E-state index contributed by atoms with van der Waals surface area (Å²) >= 11 is 3.39. The number of carbonyl (C=O) groups excluding carboxylic acids is 1. The average molecular weight is 351 g/mol. The van der Waals surface area contributed by atoms with Crippen molar-refractivity contribution in [3.05, 3.63) is 46.7 Å². The molecule has 0 saturated heterocycles. The first kappa shape index (κ1) is 15.6. The monoisotopic (exact) mass is 350 g/mol. The number of nitrogens with one attached hydrogen (secondary N) is 1. The van der Waals surface area contributed by atoms with Crippen LogP contribution in [0.15, 0.2) is 41.0 Å². The van der Waals surface area contributed by atoms with Crippen LogP contribution in [0.5, 0.6) is 5.75 Å². The molecule has 0 radical (unpaired) electrons. The summed E-state index contributed by atoms with van der Waals surface area (Å²) in [5.41, 5.74) is 1.39. The summed E-state index contributed by atoms with van der Waals surface area (Å²) in [5.74, 6) is 0.694. The van der Waals surface area contributed by atoms with E-state index < -0.39 is 0 Å². The Morgan fingerprint density at radius 1 is 1.29 bits per heavy atom. The molecule has 1 N–H and O–H groups in total. The van der Waals surface area contributed by atoms with E-state index in [1.807, 2.05) is 48.0 Å². The number of ether oxygens (including phenoxy) is 1. The fourth-order valence-electron chi connectivity index (χ4n) is 1.98. The van der Waals surface area contributed by atoms with E-state index in [1.165, 1.54) is 0 Å². The van der Waals surface area contributed by atoms with Gasteiger partial charge in [0.05, 0.1) is 6.61 Å². The molecule has 0 aliphatic carbocycles. The van der Waals surface area contributed by atoms with Gasteiger partial charge in [-0.05, 0) is 59.6 Å². The van der Waals surface area contributed by atoms with Crippen molar-refractivity contribution in [2.24, 2.45) is 0 Å². The number of aromatic nitrogens is 1. The fourth-order valence-corrected chi connectivity index (χ4v) is 2.44. The summed E-state index contributed by atoms with van der Waals surface area (Å²) in [7, 11) is 0. The van der Waals surface area contributed by atoms with Gasteiger partial charge in [0.2, 0.25) is 0 Å². The zero-order chi connectivity index (χ0) is 15.2. The van der Waals surface area contributed by atoms with Crippen LogP contribution in [0.4, 0.5) is 5.69 Å². The summed E-state index contributed by atoms with van der Waals surface area (Å²) in [5, 5.41) is 2.89. The zero-order valence-corrected chi connectivity index (χ0v) is 13.8. The van der Waals surface area contributed by atoms with Gasteiger partial charge < -0.3 is 14.6 Å². The van der Waals surface area contributed by atoms with Crippen molar-refractivity contribution in [2.75, 3.05) is 11.9 Å². The van der Waals surface area contributed by atoms with Crippen LogP contribution in [0.3, 0.4) is 0 Å². The Kier molecular flexibility index (Phi) is 5.44. The van der Waals surface area contributed by atoms with Crippen molar-refractivity contribution in [3.8, 4) is 5.75 Å². The van der Waals surface area contributed by atoms with Crippen LogP contribution >= 0.6 is 15.9 Å². The smallest absolute Gasteiger partial charge is 0.272 e. The van der Waals surface area contributed by atoms with Crippen molar-refractivity contribution < 1.29 is 9.53 Å². The fraction of sp³-hybridized carbons (Fsp3) is 0.312. The Hall–Kier alpha value is -1.75. The third-order valence-electron chi connectivity index (χ3n) is 3.02. The highest BCUT2D eigenvalue weighted by Crippen LogP contribution is 2.19. The van der Waals surface area contributed by atoms with E-state index in [0.717, 1.165) is 28.9 Å². The second-order valence-corrected chi connectivity index (χ2v) is 5.57. The molecule has 0 spiro atoms. The molecule has 0 unspecified atom stereocenters. The maximum atomic E-state index is 12.3. The van der Waals surface area contributed by atoms with Crippen LogP contribution < -0.4 is 10.1 Å². The first-order valence-corrected chi connectivity index (χ1v) is 7.83. The average Bonchev–Trinajstić information content (AvgIpc) is 2.88. The Balaban J connectivity index is 2.05. The number of hydrogen-bond acceptors (Lipinski definition) is 2. The van der Waals surface area contributed by atoms with Crippen LogP contribution in [0.2, 0.25) is 0 Å². The molecule has 112 valence electrons. The number of nitrogens with zero attached hydrogens (tertiary/aromatic N) is 1. The van der Waals surface area contributed by atoms with Gasteiger partial charge in [0.15, 0.2) is 0 Å². The summed E-state index contributed by atoms with van der Waals surface area (Å²) in [6.07, 6.45) is 2.87. The summed E-state index contributed by atoms with van der Waals surface area (Å²) in [6.45, 7) is 5.51. The molecule has 2 rings (SSSR count). The topological polar surface area (TPSA) is 43.3 Å². The zero-order valence-electron chi connectivity index (χ0n) is 12.2. The minimum atomic E-state index is -0.121. The van der Waals surface area contributed by atoms with E-state index in [1.54, 1.807) is 0 Å². The Morgan fingerprint density at radius 3 is 2.62 bits per heavy atom. The molecule has 2 aromatic rings. The summed E-state index contributed by atoms with van der Waals surface area (Å²) in [6, 6.07) is 9.23. The highest BCUT2D eigenvalue weighted by Gasteiger charge is 2.12. The van der Waals surface area contributed by atoms with Crippen LogP contribution in [-0.2, 0) is 6.54 Å². The van der Waals surface area contributed by atoms with Crippen molar-refractivity contribution in [3.63, 3.8) is 0 Å². The predicted molar refractivity (Wildman–Crippen MR) is 88.0 cm³/mol. The van der Waals surface area contributed by atoms with Crippen LogP contribution in [0, 0.1) is 0 Å². The molecular weight excluding hydrogens is 332 g/mol. The SMILES string of the molecule is CCCOc1ccc(NC(=O)c2cc(Br)cn2CC)cc1. The number of anilines is 1. The van der Waals surface area contributed by atoms with Gasteiger partial charge >= 0.3 is 0 Å². The third kappa shape index (κ3) is 4.11. The highest BCUT2D eigenvalue weighted by molar-refractivity contribution is 9.10. The van der Waals surface area contributed by atoms with E-state index in [4.69, 9.17) is 4.74 Å². The Labute approximate surface area is 133 Å². The van der Waals surface area contributed by atoms with Crippen LogP contribution in [0.1, 0.15) is 30.8 Å². The maximum Gasteiger partial charge on any atom is 0.272 e. The highest BCUT2D eigenvalue weighted by atomic mass is 79.9. The molecule has 0 fully saturated rings. The Bertz CT molecular complexity index is 605. The van der Waals surface area contributed by atoms with Crippen molar-refractivity contribution >= 4 is 27.5 Å². The van der Waals surface area contributed by atoms with Gasteiger partial charge in [0.25, 0.3) is 5.91 Å². The number of benzene rings is 1. The number of carbonyl (C=O) groups is 1. The van der Waals surface area contributed by atoms with E-state index in [-0.39, 0.29) is 5.91 Å². The van der Waals surface area contributed by atoms with Crippen molar-refractivity contribution in [2.45, 2.75) is 26.8 Å². The van der Waals surface area contributed by atoms with E-state index >= 15 is 0 Å². The third-order valence-corrected chi connectivity index (χ3v) is 3.46. The molecule has 1 aromatic heterocycles. The molecule has 0 atom stereocenters. The first-order chi connectivity index (χ1) is 10.1. The molecule has 1 heterocycles. The first-order valence-electron chi connectivity index (χ1n) is 7.04. The minimum Gasteiger partial charge on any atom is -0.494 e. The molecule has 0 bridgehead atoms.